The molecule has 0 aliphatic rings. The van der Waals surface area contributed by atoms with Gasteiger partial charge in [0.2, 0.25) is 5.91 Å². The van der Waals surface area contributed by atoms with Crippen molar-refractivity contribution in [1.82, 2.24) is 5.32 Å². The van der Waals surface area contributed by atoms with E-state index in [2.05, 4.69) is 22.0 Å². The molecule has 1 atom stereocenters. The number of nitriles is 1. The number of carbonyl (C=O) groups excluding carboxylic acids is 3. The summed E-state index contributed by atoms with van der Waals surface area (Å²) in [7, 11) is 0. The number of nitrogens with zero attached hydrogens (tertiary/aromatic N) is 1. The second-order valence-corrected chi connectivity index (χ2v) is 13.6. The predicted molar refractivity (Wildman–Crippen MR) is 213 cm³/mol. The molecule has 6 aromatic rings. The smallest absolute Gasteiger partial charge is 0.272 e. The molecular weight excluding hydrogens is 701 g/mol. The standard InChI is InChI=1S/C43H34N4O4S2/c1-2-51-34-23-21-29(22-24-34)25-38(46-40(48)32-17-10-5-11-18-32)41(49)45-33-19-12-20-35(26-33)53-39(31-15-8-4-9-16-31)42(50)47-43-36(27-44)37(28-52-43)30-13-6-3-7-14-30/h3-26,28,39H,2H2,1H3,(H,45,49)(H,46,48)(H,47,50)/b38-25+. The molecule has 0 aliphatic carbocycles. The van der Waals surface area contributed by atoms with Crippen molar-refractivity contribution in [2.24, 2.45) is 0 Å². The van der Waals surface area contributed by atoms with Gasteiger partial charge in [-0.1, -0.05) is 97.1 Å². The van der Waals surface area contributed by atoms with Gasteiger partial charge < -0.3 is 20.7 Å². The van der Waals surface area contributed by atoms with Crippen LogP contribution < -0.4 is 20.7 Å². The van der Waals surface area contributed by atoms with Crippen LogP contribution in [0.4, 0.5) is 10.7 Å². The van der Waals surface area contributed by atoms with E-state index in [0.29, 0.717) is 44.6 Å². The summed E-state index contributed by atoms with van der Waals surface area (Å²) in [6.07, 6.45) is 1.60. The fraction of sp³-hybridized carbons (Fsp3) is 0.0698. The van der Waals surface area contributed by atoms with Gasteiger partial charge in [-0.25, -0.2) is 0 Å². The Balaban J connectivity index is 1.23. The number of hydrogen-bond donors (Lipinski definition) is 3. The zero-order chi connectivity index (χ0) is 37.0. The van der Waals surface area contributed by atoms with Crippen LogP contribution in [0.25, 0.3) is 17.2 Å². The minimum Gasteiger partial charge on any atom is -0.494 e. The van der Waals surface area contributed by atoms with Crippen LogP contribution in [-0.4, -0.2) is 24.3 Å². The number of anilines is 2. The van der Waals surface area contributed by atoms with Crippen LogP contribution in [0.3, 0.4) is 0 Å². The SMILES string of the molecule is CCOc1ccc(/C=C(/NC(=O)c2ccccc2)C(=O)Nc2cccc(SC(C(=O)Nc3scc(-c4ccccc4)c3C#N)c3ccccc3)c2)cc1. The molecule has 8 nitrogen and oxygen atoms in total. The lowest BCUT2D eigenvalue weighted by Gasteiger charge is -2.17. The van der Waals surface area contributed by atoms with Gasteiger partial charge in [0.25, 0.3) is 11.8 Å². The summed E-state index contributed by atoms with van der Waals surface area (Å²) >= 11 is 2.62. The van der Waals surface area contributed by atoms with Gasteiger partial charge in [0, 0.05) is 27.1 Å². The van der Waals surface area contributed by atoms with Crippen molar-refractivity contribution in [2.75, 3.05) is 17.2 Å². The molecule has 53 heavy (non-hydrogen) atoms. The maximum absolute atomic E-state index is 14.0. The van der Waals surface area contributed by atoms with E-state index >= 15 is 0 Å². The highest BCUT2D eigenvalue weighted by molar-refractivity contribution is 8.00. The summed E-state index contributed by atoms with van der Waals surface area (Å²) < 4.78 is 5.54. The summed E-state index contributed by atoms with van der Waals surface area (Å²) in [5.41, 5.74) is 4.44. The molecule has 1 heterocycles. The maximum atomic E-state index is 14.0. The zero-order valence-corrected chi connectivity index (χ0v) is 30.2. The lowest BCUT2D eigenvalue weighted by atomic mass is 10.1. The van der Waals surface area contributed by atoms with Gasteiger partial charge in [-0.2, -0.15) is 5.26 Å². The summed E-state index contributed by atoms with van der Waals surface area (Å²) in [6.45, 7) is 2.42. The molecule has 0 aliphatic heterocycles. The van der Waals surface area contributed by atoms with E-state index in [4.69, 9.17) is 4.74 Å². The molecule has 0 spiro atoms. The molecule has 0 fully saturated rings. The Kier molecular flexibility index (Phi) is 12.1. The average Bonchev–Trinajstić information content (AvgIpc) is 3.60. The predicted octanol–water partition coefficient (Wildman–Crippen LogP) is 9.57. The van der Waals surface area contributed by atoms with Gasteiger partial charge in [-0.05, 0) is 72.2 Å². The summed E-state index contributed by atoms with van der Waals surface area (Å²) in [4.78, 5) is 41.6. The quantitative estimate of drug-likeness (QED) is 0.0803. The number of ether oxygens (including phenoxy) is 1. The van der Waals surface area contributed by atoms with Crippen molar-refractivity contribution in [3.63, 3.8) is 0 Å². The van der Waals surface area contributed by atoms with Crippen LogP contribution in [0.2, 0.25) is 0 Å². The van der Waals surface area contributed by atoms with Crippen LogP contribution in [0, 0.1) is 11.3 Å². The van der Waals surface area contributed by atoms with Gasteiger partial charge in [-0.15, -0.1) is 23.1 Å². The number of hydrogen-bond acceptors (Lipinski definition) is 7. The molecule has 0 saturated carbocycles. The van der Waals surface area contributed by atoms with Crippen LogP contribution in [0.5, 0.6) is 5.75 Å². The minimum absolute atomic E-state index is 0.0433. The molecule has 5 aromatic carbocycles. The molecular formula is C43H34N4O4S2. The molecule has 10 heteroatoms. The van der Waals surface area contributed by atoms with E-state index < -0.39 is 17.1 Å². The van der Waals surface area contributed by atoms with Crippen molar-refractivity contribution in [1.29, 1.82) is 5.26 Å². The molecule has 1 aromatic heterocycles. The third-order valence-corrected chi connectivity index (χ3v) is 10.1. The monoisotopic (exact) mass is 734 g/mol. The second-order valence-electron chi connectivity index (χ2n) is 11.6. The second kappa shape index (κ2) is 17.7. The Labute approximate surface area is 316 Å². The highest BCUT2D eigenvalue weighted by Gasteiger charge is 2.25. The first-order valence-corrected chi connectivity index (χ1v) is 18.5. The summed E-state index contributed by atoms with van der Waals surface area (Å²) in [5.74, 6) is -0.560. The number of amides is 3. The Morgan fingerprint density at radius 3 is 2.19 bits per heavy atom. The van der Waals surface area contributed by atoms with Crippen LogP contribution in [-0.2, 0) is 9.59 Å². The third kappa shape index (κ3) is 9.48. The highest BCUT2D eigenvalue weighted by Crippen LogP contribution is 2.40. The number of rotatable bonds is 13. The van der Waals surface area contributed by atoms with Crippen LogP contribution >= 0.6 is 23.1 Å². The van der Waals surface area contributed by atoms with Crippen LogP contribution in [0.15, 0.2) is 155 Å². The minimum atomic E-state index is -0.684. The molecule has 262 valence electrons. The number of benzene rings is 5. The number of thioether (sulfide) groups is 1. The van der Waals surface area contributed by atoms with E-state index in [-0.39, 0.29) is 11.6 Å². The lowest BCUT2D eigenvalue weighted by molar-refractivity contribution is -0.116. The van der Waals surface area contributed by atoms with Gasteiger partial charge in [0.15, 0.2) is 0 Å². The lowest BCUT2D eigenvalue weighted by Crippen LogP contribution is -2.30. The third-order valence-electron chi connectivity index (χ3n) is 7.94. The molecule has 0 saturated heterocycles. The Bertz CT molecular complexity index is 2270. The Morgan fingerprint density at radius 1 is 0.830 bits per heavy atom. The highest BCUT2D eigenvalue weighted by atomic mass is 32.2. The Hall–Kier alpha value is -6.41. The fourth-order valence-corrected chi connectivity index (χ4v) is 7.39. The molecule has 1 unspecified atom stereocenters. The fourth-order valence-electron chi connectivity index (χ4n) is 5.39. The van der Waals surface area contributed by atoms with Crippen molar-refractivity contribution in [3.05, 3.63) is 173 Å². The van der Waals surface area contributed by atoms with Crippen molar-refractivity contribution >= 4 is 57.6 Å². The zero-order valence-electron chi connectivity index (χ0n) is 28.6. The Morgan fingerprint density at radius 2 is 1.51 bits per heavy atom. The van der Waals surface area contributed by atoms with Crippen LogP contribution in [0.1, 0.15) is 39.2 Å². The normalized spacial score (nSPS) is 11.5. The van der Waals surface area contributed by atoms with Gasteiger partial charge in [0.1, 0.15) is 27.8 Å². The first kappa shape index (κ1) is 36.4. The number of carbonyl (C=O) groups is 3. The number of thiophene rings is 1. The largest absolute Gasteiger partial charge is 0.494 e. The molecule has 0 bridgehead atoms. The summed E-state index contributed by atoms with van der Waals surface area (Å²) in [6, 6.07) is 44.2. The average molecular weight is 735 g/mol. The van der Waals surface area contributed by atoms with Gasteiger partial charge in [0.05, 0.1) is 12.2 Å². The van der Waals surface area contributed by atoms with Crippen molar-refractivity contribution in [3.8, 4) is 22.9 Å². The molecule has 0 radical (unpaired) electrons. The summed E-state index contributed by atoms with van der Waals surface area (Å²) in [5, 5.41) is 20.4. The van der Waals surface area contributed by atoms with Crippen molar-refractivity contribution < 1.29 is 19.1 Å². The first-order chi connectivity index (χ1) is 25.9. The van der Waals surface area contributed by atoms with Gasteiger partial charge >= 0.3 is 0 Å². The van der Waals surface area contributed by atoms with Gasteiger partial charge in [-0.3, -0.25) is 14.4 Å². The van der Waals surface area contributed by atoms with E-state index in [1.54, 1.807) is 72.8 Å². The molecule has 3 amide bonds. The number of nitrogens with one attached hydrogen (secondary N) is 3. The van der Waals surface area contributed by atoms with E-state index in [1.165, 1.54) is 23.1 Å². The first-order valence-electron chi connectivity index (χ1n) is 16.7. The van der Waals surface area contributed by atoms with Crippen molar-refractivity contribution in [2.45, 2.75) is 17.1 Å². The molecule has 3 N–H and O–H groups in total. The van der Waals surface area contributed by atoms with E-state index in [0.717, 1.165) is 16.7 Å². The molecule has 6 rings (SSSR count). The maximum Gasteiger partial charge on any atom is 0.272 e. The van der Waals surface area contributed by atoms with E-state index in [1.807, 2.05) is 85.1 Å². The van der Waals surface area contributed by atoms with E-state index in [9.17, 15) is 19.6 Å². The topological polar surface area (TPSA) is 120 Å².